The molecule has 0 amide bonds. The van der Waals surface area contributed by atoms with Crippen LogP contribution in [0, 0.1) is 5.41 Å². The summed E-state index contributed by atoms with van der Waals surface area (Å²) in [7, 11) is 0. The summed E-state index contributed by atoms with van der Waals surface area (Å²) in [6.45, 7) is 0. The van der Waals surface area contributed by atoms with Gasteiger partial charge in [-0.15, -0.1) is 0 Å². The van der Waals surface area contributed by atoms with Crippen LogP contribution in [-0.4, -0.2) is 21.0 Å². The molecule has 0 unspecified atom stereocenters. The van der Waals surface area contributed by atoms with Gasteiger partial charge in [-0.1, -0.05) is 0 Å². The second kappa shape index (κ2) is 4.00. The van der Waals surface area contributed by atoms with Crippen LogP contribution in [0.5, 0.6) is 0 Å². The van der Waals surface area contributed by atoms with Gasteiger partial charge in [-0.05, 0) is 18.2 Å². The van der Waals surface area contributed by atoms with Crippen LogP contribution in [0.25, 0.3) is 5.69 Å². The van der Waals surface area contributed by atoms with E-state index in [-0.39, 0.29) is 0 Å². The highest BCUT2D eigenvalue weighted by Crippen LogP contribution is 2.27. The van der Waals surface area contributed by atoms with Gasteiger partial charge in [0.05, 0.1) is 11.9 Å². The highest BCUT2D eigenvalue weighted by molar-refractivity contribution is 5.73. The molecule has 0 aliphatic heterocycles. The van der Waals surface area contributed by atoms with Crippen LogP contribution >= 0.6 is 0 Å². The summed E-state index contributed by atoms with van der Waals surface area (Å²) in [6.07, 6.45) is -0.759. The van der Waals surface area contributed by atoms with E-state index in [4.69, 9.17) is 5.41 Å². The lowest BCUT2D eigenvalue weighted by molar-refractivity contribution is -0.141. The molecule has 2 aromatic heterocycles. The molecule has 0 saturated heterocycles. The third-order valence-electron chi connectivity index (χ3n) is 2.06. The van der Waals surface area contributed by atoms with Crippen molar-refractivity contribution in [3.63, 3.8) is 0 Å². The number of aromatic nitrogens is 3. The van der Waals surface area contributed by atoms with E-state index >= 15 is 0 Å². The van der Waals surface area contributed by atoms with Crippen molar-refractivity contribution in [2.75, 3.05) is 0 Å². The van der Waals surface area contributed by atoms with Crippen LogP contribution in [-0.2, 0) is 6.18 Å². The Morgan fingerprint density at radius 1 is 1.24 bits per heavy atom. The second-order valence-electron chi connectivity index (χ2n) is 3.23. The minimum atomic E-state index is -4.44. The fourth-order valence-corrected chi connectivity index (χ4v) is 1.25. The first-order valence-electron chi connectivity index (χ1n) is 4.60. The third-order valence-corrected chi connectivity index (χ3v) is 2.06. The quantitative estimate of drug-likeness (QED) is 0.819. The molecule has 7 heteroatoms. The Balaban J connectivity index is 2.32. The molecule has 0 atom stereocenters. The average molecular weight is 240 g/mol. The molecule has 0 aromatic carbocycles. The van der Waals surface area contributed by atoms with E-state index in [1.807, 2.05) is 0 Å². The fraction of sp³-hybridized carbons (Fsp3) is 0.100. The SMILES string of the molecule is N=Cc1ccn(-c2ccc(C(F)(F)F)nc2)n1. The molecule has 2 rings (SSSR count). The number of hydrogen-bond acceptors (Lipinski definition) is 3. The standard InChI is InChI=1S/C10H7F3N4/c11-10(12,13)9-2-1-8(6-15-9)17-4-3-7(5-14)16-17/h1-6,14H. The lowest BCUT2D eigenvalue weighted by Gasteiger charge is -2.06. The molecular weight excluding hydrogens is 233 g/mol. The smallest absolute Gasteiger partial charge is 0.306 e. The number of nitrogens with one attached hydrogen (secondary N) is 1. The molecule has 4 nitrogen and oxygen atoms in total. The summed E-state index contributed by atoms with van der Waals surface area (Å²) < 4.78 is 38.2. The first kappa shape index (κ1) is 11.3. The number of pyridine rings is 1. The van der Waals surface area contributed by atoms with Gasteiger partial charge >= 0.3 is 6.18 Å². The summed E-state index contributed by atoms with van der Waals surface area (Å²) in [4.78, 5) is 3.32. The van der Waals surface area contributed by atoms with E-state index in [1.165, 1.54) is 10.7 Å². The molecule has 1 N–H and O–H groups in total. The van der Waals surface area contributed by atoms with Crippen molar-refractivity contribution in [1.82, 2.24) is 14.8 Å². The number of halogens is 3. The summed E-state index contributed by atoms with van der Waals surface area (Å²) in [5.74, 6) is 0. The molecule has 0 fully saturated rings. The van der Waals surface area contributed by atoms with Gasteiger partial charge in [-0.25, -0.2) is 9.67 Å². The topological polar surface area (TPSA) is 54.6 Å². The van der Waals surface area contributed by atoms with Gasteiger partial charge < -0.3 is 5.41 Å². The Hall–Kier alpha value is -2.18. The van der Waals surface area contributed by atoms with E-state index < -0.39 is 11.9 Å². The predicted octanol–water partition coefficient (Wildman–Crippen LogP) is 2.28. The number of rotatable bonds is 2. The van der Waals surface area contributed by atoms with Gasteiger partial charge in [0.25, 0.3) is 0 Å². The lowest BCUT2D eigenvalue weighted by Crippen LogP contribution is -2.08. The summed E-state index contributed by atoms with van der Waals surface area (Å²) in [6, 6.07) is 3.74. The van der Waals surface area contributed by atoms with Crippen LogP contribution in [0.1, 0.15) is 11.4 Å². The zero-order valence-electron chi connectivity index (χ0n) is 8.44. The van der Waals surface area contributed by atoms with Crippen molar-refractivity contribution < 1.29 is 13.2 Å². The van der Waals surface area contributed by atoms with Crippen molar-refractivity contribution in [3.05, 3.63) is 42.0 Å². The Labute approximate surface area is 94.2 Å². The second-order valence-corrected chi connectivity index (χ2v) is 3.23. The first-order valence-corrected chi connectivity index (χ1v) is 4.60. The largest absolute Gasteiger partial charge is 0.433 e. The van der Waals surface area contributed by atoms with Crippen LogP contribution in [0.2, 0.25) is 0 Å². The zero-order chi connectivity index (χ0) is 12.5. The fourth-order valence-electron chi connectivity index (χ4n) is 1.25. The van der Waals surface area contributed by atoms with Gasteiger partial charge in [0.15, 0.2) is 0 Å². The van der Waals surface area contributed by atoms with Crippen molar-refractivity contribution >= 4 is 6.21 Å². The maximum absolute atomic E-state index is 12.3. The molecule has 0 spiro atoms. The van der Waals surface area contributed by atoms with Crippen LogP contribution in [0.15, 0.2) is 30.6 Å². The van der Waals surface area contributed by atoms with Crippen LogP contribution in [0.3, 0.4) is 0 Å². The number of nitrogens with zero attached hydrogens (tertiary/aromatic N) is 3. The minimum Gasteiger partial charge on any atom is -0.306 e. The van der Waals surface area contributed by atoms with Crippen molar-refractivity contribution in [1.29, 1.82) is 5.41 Å². The molecule has 0 bridgehead atoms. The molecule has 2 heterocycles. The van der Waals surface area contributed by atoms with Crippen LogP contribution < -0.4 is 0 Å². The average Bonchev–Trinajstić information content (AvgIpc) is 2.76. The van der Waals surface area contributed by atoms with E-state index in [0.29, 0.717) is 11.4 Å². The summed E-state index contributed by atoms with van der Waals surface area (Å²) in [5, 5.41) is 10.9. The van der Waals surface area contributed by atoms with Crippen LogP contribution in [0.4, 0.5) is 13.2 Å². The predicted molar refractivity (Wildman–Crippen MR) is 54.2 cm³/mol. The molecular formula is C10H7F3N4. The summed E-state index contributed by atoms with van der Waals surface area (Å²) >= 11 is 0. The highest BCUT2D eigenvalue weighted by atomic mass is 19.4. The molecule has 0 aliphatic carbocycles. The Kier molecular flexibility index (Phi) is 2.66. The Bertz CT molecular complexity index is 527. The lowest BCUT2D eigenvalue weighted by atomic mass is 10.3. The Morgan fingerprint density at radius 2 is 2.00 bits per heavy atom. The molecule has 0 aliphatic rings. The van der Waals surface area contributed by atoms with E-state index in [1.54, 1.807) is 12.3 Å². The monoisotopic (exact) mass is 240 g/mol. The molecule has 0 radical (unpaired) electrons. The normalized spacial score (nSPS) is 11.5. The van der Waals surface area contributed by atoms with Crippen molar-refractivity contribution in [2.45, 2.75) is 6.18 Å². The van der Waals surface area contributed by atoms with E-state index in [2.05, 4.69) is 10.1 Å². The van der Waals surface area contributed by atoms with E-state index in [9.17, 15) is 13.2 Å². The van der Waals surface area contributed by atoms with Gasteiger partial charge in [-0.3, -0.25) is 0 Å². The maximum Gasteiger partial charge on any atom is 0.433 e. The highest BCUT2D eigenvalue weighted by Gasteiger charge is 2.32. The van der Waals surface area contributed by atoms with E-state index in [0.717, 1.165) is 18.5 Å². The number of hydrogen-bond donors (Lipinski definition) is 1. The third kappa shape index (κ3) is 2.32. The Morgan fingerprint density at radius 3 is 2.47 bits per heavy atom. The maximum atomic E-state index is 12.3. The molecule has 2 aromatic rings. The van der Waals surface area contributed by atoms with Gasteiger partial charge in [0.2, 0.25) is 0 Å². The zero-order valence-corrected chi connectivity index (χ0v) is 8.44. The molecule has 0 saturated carbocycles. The van der Waals surface area contributed by atoms with Crippen molar-refractivity contribution in [2.24, 2.45) is 0 Å². The number of alkyl halides is 3. The van der Waals surface area contributed by atoms with Gasteiger partial charge in [-0.2, -0.15) is 18.3 Å². The molecule has 17 heavy (non-hydrogen) atoms. The minimum absolute atomic E-state index is 0.408. The summed E-state index contributed by atoms with van der Waals surface area (Å²) in [5.41, 5.74) is -0.114. The van der Waals surface area contributed by atoms with Gasteiger partial charge in [0.1, 0.15) is 11.4 Å². The van der Waals surface area contributed by atoms with Gasteiger partial charge in [0, 0.05) is 12.4 Å². The molecule has 88 valence electrons. The van der Waals surface area contributed by atoms with Crippen molar-refractivity contribution in [3.8, 4) is 5.69 Å². The first-order chi connectivity index (χ1) is 8.00.